The maximum absolute atomic E-state index is 13.8. The second-order valence-corrected chi connectivity index (χ2v) is 5.93. The van der Waals surface area contributed by atoms with Crippen molar-refractivity contribution in [3.8, 4) is 5.75 Å². The van der Waals surface area contributed by atoms with E-state index in [0.29, 0.717) is 12.3 Å². The monoisotopic (exact) mass is 281 g/mol. The van der Waals surface area contributed by atoms with Gasteiger partial charge < -0.3 is 15.4 Å². The van der Waals surface area contributed by atoms with Crippen LogP contribution in [0, 0.1) is 5.82 Å². The molecule has 0 aromatic heterocycles. The van der Waals surface area contributed by atoms with Gasteiger partial charge in [-0.15, -0.1) is 0 Å². The van der Waals surface area contributed by atoms with E-state index in [-0.39, 0.29) is 11.3 Å². The first-order valence-electron chi connectivity index (χ1n) is 7.03. The summed E-state index contributed by atoms with van der Waals surface area (Å²) in [5.41, 5.74) is 7.37. The van der Waals surface area contributed by atoms with Gasteiger partial charge in [-0.25, -0.2) is 4.39 Å². The largest absolute Gasteiger partial charge is 0.491 e. The summed E-state index contributed by atoms with van der Waals surface area (Å²) < 4.78 is 19.1. The highest BCUT2D eigenvalue weighted by Crippen LogP contribution is 2.33. The minimum absolute atomic E-state index is 0.0604. The first kappa shape index (κ1) is 14.9. The lowest BCUT2D eigenvalue weighted by Gasteiger charge is -2.46. The number of ether oxygens (including phenoxy) is 1. The van der Waals surface area contributed by atoms with Gasteiger partial charge in [0.15, 0.2) is 11.6 Å². The lowest BCUT2D eigenvalue weighted by atomic mass is 9.99. The molecule has 0 amide bonds. The Labute approximate surface area is 120 Å². The van der Waals surface area contributed by atoms with Crippen LogP contribution >= 0.6 is 0 Å². The summed E-state index contributed by atoms with van der Waals surface area (Å²) in [7, 11) is 2.12. The number of rotatable bonds is 3. The predicted octanol–water partition coefficient (Wildman–Crippen LogP) is 2.34. The fraction of sp³-hybridized carbons (Fsp3) is 0.600. The Kier molecular flexibility index (Phi) is 4.09. The van der Waals surface area contributed by atoms with Crippen LogP contribution in [-0.2, 0) is 0 Å². The number of hydrogen-bond donors (Lipinski definition) is 1. The summed E-state index contributed by atoms with van der Waals surface area (Å²) in [6, 6.07) is 3.07. The number of piperazine rings is 1. The van der Waals surface area contributed by atoms with Crippen molar-refractivity contribution < 1.29 is 9.13 Å². The molecule has 1 aliphatic heterocycles. The molecular formula is C15H24FN3O. The van der Waals surface area contributed by atoms with Crippen LogP contribution in [0.4, 0.5) is 15.8 Å². The molecular weight excluding hydrogens is 257 g/mol. The predicted molar refractivity (Wildman–Crippen MR) is 80.9 cm³/mol. The number of halogens is 1. The van der Waals surface area contributed by atoms with Crippen LogP contribution in [0.5, 0.6) is 5.75 Å². The highest BCUT2D eigenvalue weighted by atomic mass is 19.1. The van der Waals surface area contributed by atoms with Crippen LogP contribution in [0.1, 0.15) is 20.8 Å². The molecule has 20 heavy (non-hydrogen) atoms. The molecule has 2 rings (SSSR count). The summed E-state index contributed by atoms with van der Waals surface area (Å²) >= 11 is 0. The zero-order valence-corrected chi connectivity index (χ0v) is 12.7. The SMILES string of the molecule is CCOc1cc(N2CCN(C)C(C)(C)C2)c(N)cc1F. The lowest BCUT2D eigenvalue weighted by Crippen LogP contribution is -2.57. The second-order valence-electron chi connectivity index (χ2n) is 5.93. The van der Waals surface area contributed by atoms with Gasteiger partial charge in [-0.1, -0.05) is 0 Å². The molecule has 0 aliphatic carbocycles. The van der Waals surface area contributed by atoms with Crippen LogP contribution in [0.2, 0.25) is 0 Å². The Balaban J connectivity index is 2.30. The summed E-state index contributed by atoms with van der Waals surface area (Å²) in [5.74, 6) is -0.130. The van der Waals surface area contributed by atoms with Crippen molar-refractivity contribution >= 4 is 11.4 Å². The molecule has 4 nitrogen and oxygen atoms in total. The average Bonchev–Trinajstić information content (AvgIpc) is 2.36. The standard InChI is InChI=1S/C15H24FN3O/c1-5-20-14-9-13(12(17)8-11(14)16)19-7-6-18(4)15(2,3)10-19/h8-9H,5-7,10,17H2,1-4H3. The molecule has 0 bridgehead atoms. The van der Waals surface area contributed by atoms with E-state index in [1.165, 1.54) is 6.07 Å². The number of hydrogen-bond acceptors (Lipinski definition) is 4. The van der Waals surface area contributed by atoms with Crippen molar-refractivity contribution in [3.63, 3.8) is 0 Å². The molecule has 5 heteroatoms. The molecule has 0 radical (unpaired) electrons. The molecule has 1 aromatic rings. The van der Waals surface area contributed by atoms with Crippen LogP contribution in [-0.4, -0.2) is 43.7 Å². The van der Waals surface area contributed by atoms with E-state index in [1.54, 1.807) is 6.07 Å². The maximum Gasteiger partial charge on any atom is 0.167 e. The second kappa shape index (κ2) is 5.48. The summed E-state index contributed by atoms with van der Waals surface area (Å²) in [4.78, 5) is 4.53. The van der Waals surface area contributed by atoms with E-state index in [9.17, 15) is 4.39 Å². The number of anilines is 2. The molecule has 0 saturated carbocycles. The molecule has 1 aromatic carbocycles. The zero-order valence-electron chi connectivity index (χ0n) is 12.7. The van der Waals surface area contributed by atoms with Crippen molar-refractivity contribution in [1.82, 2.24) is 4.90 Å². The lowest BCUT2D eigenvalue weighted by molar-refractivity contribution is 0.139. The minimum Gasteiger partial charge on any atom is -0.491 e. The summed E-state index contributed by atoms with van der Waals surface area (Å²) in [6.07, 6.45) is 0. The number of likely N-dealkylation sites (N-methyl/N-ethyl adjacent to an activating group) is 1. The molecule has 1 heterocycles. The van der Waals surface area contributed by atoms with Gasteiger partial charge in [0.2, 0.25) is 0 Å². The highest BCUT2D eigenvalue weighted by Gasteiger charge is 2.32. The summed E-state index contributed by atoms with van der Waals surface area (Å²) in [5, 5.41) is 0. The minimum atomic E-state index is -0.401. The summed E-state index contributed by atoms with van der Waals surface area (Å²) in [6.45, 7) is 9.35. The van der Waals surface area contributed by atoms with E-state index in [4.69, 9.17) is 10.5 Å². The van der Waals surface area contributed by atoms with Crippen molar-refractivity contribution in [1.29, 1.82) is 0 Å². The van der Waals surface area contributed by atoms with Crippen LogP contribution in [0.3, 0.4) is 0 Å². The number of benzene rings is 1. The molecule has 1 saturated heterocycles. The van der Waals surface area contributed by atoms with Gasteiger partial charge >= 0.3 is 0 Å². The average molecular weight is 281 g/mol. The van der Waals surface area contributed by atoms with Crippen LogP contribution in [0.15, 0.2) is 12.1 Å². The fourth-order valence-corrected chi connectivity index (χ4v) is 2.54. The Morgan fingerprint density at radius 1 is 1.35 bits per heavy atom. The van der Waals surface area contributed by atoms with Crippen LogP contribution in [0.25, 0.3) is 0 Å². The van der Waals surface area contributed by atoms with Crippen molar-refractivity contribution in [2.45, 2.75) is 26.3 Å². The third-order valence-corrected chi connectivity index (χ3v) is 4.04. The van der Waals surface area contributed by atoms with E-state index in [2.05, 4.69) is 30.7 Å². The van der Waals surface area contributed by atoms with Crippen molar-refractivity contribution in [3.05, 3.63) is 17.9 Å². The third-order valence-electron chi connectivity index (χ3n) is 4.04. The first-order valence-corrected chi connectivity index (χ1v) is 7.03. The Morgan fingerprint density at radius 2 is 2.05 bits per heavy atom. The Hall–Kier alpha value is -1.49. The van der Waals surface area contributed by atoms with Crippen molar-refractivity contribution in [2.75, 3.05) is 43.9 Å². The molecule has 112 valence electrons. The van der Waals surface area contributed by atoms with E-state index in [1.807, 2.05) is 6.92 Å². The Morgan fingerprint density at radius 3 is 2.65 bits per heavy atom. The van der Waals surface area contributed by atoms with E-state index >= 15 is 0 Å². The fourth-order valence-electron chi connectivity index (χ4n) is 2.54. The molecule has 0 atom stereocenters. The third kappa shape index (κ3) is 2.82. The highest BCUT2D eigenvalue weighted by molar-refractivity contribution is 5.70. The number of nitrogens with two attached hydrogens (primary N) is 1. The van der Waals surface area contributed by atoms with Gasteiger partial charge in [-0.05, 0) is 27.8 Å². The molecule has 2 N–H and O–H groups in total. The molecule has 1 fully saturated rings. The van der Waals surface area contributed by atoms with E-state index in [0.717, 1.165) is 25.3 Å². The maximum atomic E-state index is 13.8. The molecule has 1 aliphatic rings. The van der Waals surface area contributed by atoms with Gasteiger partial charge in [-0.2, -0.15) is 0 Å². The normalized spacial score (nSPS) is 19.1. The van der Waals surface area contributed by atoms with Gasteiger partial charge in [-0.3, -0.25) is 4.90 Å². The number of nitrogen functional groups attached to an aromatic ring is 1. The smallest absolute Gasteiger partial charge is 0.167 e. The Bertz CT molecular complexity index is 490. The quantitative estimate of drug-likeness (QED) is 0.864. The van der Waals surface area contributed by atoms with Crippen molar-refractivity contribution in [2.24, 2.45) is 0 Å². The van der Waals surface area contributed by atoms with Crippen LogP contribution < -0.4 is 15.4 Å². The van der Waals surface area contributed by atoms with Gasteiger partial charge in [0, 0.05) is 37.3 Å². The van der Waals surface area contributed by atoms with Gasteiger partial charge in [0.1, 0.15) is 0 Å². The van der Waals surface area contributed by atoms with E-state index < -0.39 is 5.82 Å². The molecule has 0 unspecified atom stereocenters. The first-order chi connectivity index (χ1) is 9.35. The topological polar surface area (TPSA) is 41.7 Å². The van der Waals surface area contributed by atoms with Gasteiger partial charge in [0.05, 0.1) is 18.0 Å². The van der Waals surface area contributed by atoms with Gasteiger partial charge in [0.25, 0.3) is 0 Å². The zero-order chi connectivity index (χ0) is 14.9. The number of nitrogens with zero attached hydrogens (tertiary/aromatic N) is 2. The molecule has 0 spiro atoms.